The molecule has 0 spiro atoms. The third-order valence-electron chi connectivity index (χ3n) is 5.44. The summed E-state index contributed by atoms with van der Waals surface area (Å²) in [6.45, 7) is 11.1. The van der Waals surface area contributed by atoms with Crippen molar-refractivity contribution in [3.8, 4) is 5.75 Å². The molecule has 8 heteroatoms. The van der Waals surface area contributed by atoms with E-state index in [2.05, 4.69) is 5.32 Å². The molecule has 0 fully saturated rings. The maximum absolute atomic E-state index is 13.2. The first kappa shape index (κ1) is 27.0. The van der Waals surface area contributed by atoms with Gasteiger partial charge in [0.05, 0.1) is 18.7 Å². The summed E-state index contributed by atoms with van der Waals surface area (Å²) in [6.07, 6.45) is -0.342. The van der Waals surface area contributed by atoms with Crippen LogP contribution < -0.4 is 15.0 Å². The van der Waals surface area contributed by atoms with Gasteiger partial charge in [0.1, 0.15) is 24.1 Å². The monoisotopic (exact) mass is 496 g/mol. The van der Waals surface area contributed by atoms with E-state index in [1.165, 1.54) is 11.8 Å². The third-order valence-corrected chi connectivity index (χ3v) is 5.44. The molecule has 0 aliphatic carbocycles. The molecule has 36 heavy (non-hydrogen) atoms. The summed E-state index contributed by atoms with van der Waals surface area (Å²) < 4.78 is 17.3. The van der Waals surface area contributed by atoms with E-state index in [-0.39, 0.29) is 37.6 Å². The average Bonchev–Trinajstić information content (AvgIpc) is 2.75. The summed E-state index contributed by atoms with van der Waals surface area (Å²) >= 11 is 0. The van der Waals surface area contributed by atoms with Crippen molar-refractivity contribution in [1.82, 2.24) is 5.32 Å². The van der Waals surface area contributed by atoms with Gasteiger partial charge >= 0.3 is 12.1 Å². The zero-order chi connectivity index (χ0) is 26.5. The lowest BCUT2D eigenvalue weighted by Crippen LogP contribution is -2.50. The maximum atomic E-state index is 13.2. The number of nitrogens with one attached hydrogen (secondary N) is 1. The van der Waals surface area contributed by atoms with E-state index in [1.807, 2.05) is 65.0 Å². The number of fused-ring (bicyclic) bond motifs is 1. The molecule has 0 aromatic heterocycles. The van der Waals surface area contributed by atoms with Crippen LogP contribution in [0.1, 0.15) is 59.1 Å². The van der Waals surface area contributed by atoms with Gasteiger partial charge in [-0.3, -0.25) is 14.5 Å². The summed E-state index contributed by atoms with van der Waals surface area (Å²) in [4.78, 5) is 38.8. The highest BCUT2D eigenvalue weighted by molar-refractivity contribution is 5.91. The highest BCUT2D eigenvalue weighted by atomic mass is 16.6. The fourth-order valence-corrected chi connectivity index (χ4v) is 4.22. The molecule has 0 unspecified atom stereocenters. The molecule has 194 valence electrons. The summed E-state index contributed by atoms with van der Waals surface area (Å²) in [5, 5.41) is 2.93. The van der Waals surface area contributed by atoms with Gasteiger partial charge in [-0.1, -0.05) is 36.4 Å². The third kappa shape index (κ3) is 8.00. The van der Waals surface area contributed by atoms with Crippen LogP contribution >= 0.6 is 0 Å². The first-order valence-electron chi connectivity index (χ1n) is 12.1. The summed E-state index contributed by atoms with van der Waals surface area (Å²) in [5.74, 6) is 0.0175. The molecule has 1 aliphatic heterocycles. The van der Waals surface area contributed by atoms with Gasteiger partial charge < -0.3 is 19.5 Å². The molecule has 1 N–H and O–H groups in total. The minimum absolute atomic E-state index is 0.0659. The Hall–Kier alpha value is -3.55. The van der Waals surface area contributed by atoms with Crippen LogP contribution in [-0.4, -0.2) is 41.8 Å². The van der Waals surface area contributed by atoms with Gasteiger partial charge in [-0.25, -0.2) is 4.79 Å². The van der Waals surface area contributed by atoms with Crippen molar-refractivity contribution in [3.63, 3.8) is 0 Å². The van der Waals surface area contributed by atoms with Crippen LogP contribution in [0.5, 0.6) is 5.75 Å². The fourth-order valence-electron chi connectivity index (χ4n) is 4.22. The molecule has 2 aromatic rings. The van der Waals surface area contributed by atoms with Crippen LogP contribution in [0.15, 0.2) is 48.5 Å². The lowest BCUT2D eigenvalue weighted by molar-refractivity contribution is -0.153. The van der Waals surface area contributed by atoms with E-state index >= 15 is 0 Å². The topological polar surface area (TPSA) is 94.2 Å². The van der Waals surface area contributed by atoms with Gasteiger partial charge in [0.2, 0.25) is 5.91 Å². The standard InChI is InChI=1S/C28H36N2O6/c1-19(31)29-28(5,6)16-22-17-30(26(33)34-18-20-10-8-7-9-11-20)23-14-21(12-13-24(23)35-22)15-25(32)36-27(2,3)4/h7-14,22H,15-18H2,1-6H3,(H,29,31)/t22-/m0/s1. The van der Waals surface area contributed by atoms with Crippen molar-refractivity contribution in [2.75, 3.05) is 11.4 Å². The molecule has 8 nitrogen and oxygen atoms in total. The fraction of sp³-hybridized carbons (Fsp3) is 0.464. The first-order valence-corrected chi connectivity index (χ1v) is 12.1. The van der Waals surface area contributed by atoms with Crippen molar-refractivity contribution in [2.24, 2.45) is 0 Å². The number of hydrogen-bond acceptors (Lipinski definition) is 6. The summed E-state index contributed by atoms with van der Waals surface area (Å²) in [7, 11) is 0. The predicted octanol–water partition coefficient (Wildman–Crippen LogP) is 4.78. The number of esters is 1. The van der Waals surface area contributed by atoms with Gasteiger partial charge in [-0.05, 0) is 57.9 Å². The minimum Gasteiger partial charge on any atom is -0.486 e. The Balaban J connectivity index is 1.83. The van der Waals surface area contributed by atoms with Gasteiger partial charge in [0, 0.05) is 18.9 Å². The van der Waals surface area contributed by atoms with E-state index in [1.54, 1.807) is 18.2 Å². The van der Waals surface area contributed by atoms with Crippen LogP contribution in [0.25, 0.3) is 0 Å². The molecule has 1 heterocycles. The zero-order valence-corrected chi connectivity index (χ0v) is 21.9. The molecule has 2 amide bonds. The number of carbonyl (C=O) groups is 3. The largest absolute Gasteiger partial charge is 0.486 e. The van der Waals surface area contributed by atoms with E-state index in [4.69, 9.17) is 14.2 Å². The van der Waals surface area contributed by atoms with Crippen LogP contribution in [0.4, 0.5) is 10.5 Å². The van der Waals surface area contributed by atoms with Crippen LogP contribution in [0.2, 0.25) is 0 Å². The molecule has 0 bridgehead atoms. The Bertz CT molecular complexity index is 1090. The second-order valence-corrected chi connectivity index (χ2v) is 10.7. The number of rotatable bonds is 7. The van der Waals surface area contributed by atoms with Crippen molar-refractivity contribution in [2.45, 2.75) is 78.2 Å². The van der Waals surface area contributed by atoms with Gasteiger partial charge in [0.15, 0.2) is 0 Å². The number of anilines is 1. The Morgan fingerprint density at radius 1 is 1.03 bits per heavy atom. The van der Waals surface area contributed by atoms with Gasteiger partial charge in [-0.2, -0.15) is 0 Å². The number of ether oxygens (including phenoxy) is 3. The Morgan fingerprint density at radius 3 is 2.36 bits per heavy atom. The summed E-state index contributed by atoms with van der Waals surface area (Å²) in [6, 6.07) is 14.8. The number of amides is 2. The number of nitrogens with zero attached hydrogens (tertiary/aromatic N) is 1. The van der Waals surface area contributed by atoms with E-state index < -0.39 is 17.2 Å². The zero-order valence-electron chi connectivity index (χ0n) is 21.9. The molecule has 0 saturated carbocycles. The van der Waals surface area contributed by atoms with Crippen LogP contribution in [0.3, 0.4) is 0 Å². The number of benzene rings is 2. The van der Waals surface area contributed by atoms with E-state index in [0.717, 1.165) is 5.56 Å². The molecule has 2 aromatic carbocycles. The van der Waals surface area contributed by atoms with Crippen LogP contribution in [0, 0.1) is 0 Å². The highest BCUT2D eigenvalue weighted by Gasteiger charge is 2.35. The van der Waals surface area contributed by atoms with Gasteiger partial charge in [0.25, 0.3) is 0 Å². The highest BCUT2D eigenvalue weighted by Crippen LogP contribution is 2.37. The Morgan fingerprint density at radius 2 is 1.72 bits per heavy atom. The van der Waals surface area contributed by atoms with Crippen molar-refractivity contribution >= 4 is 23.7 Å². The van der Waals surface area contributed by atoms with Crippen molar-refractivity contribution in [3.05, 3.63) is 59.7 Å². The average molecular weight is 497 g/mol. The number of hydrogen-bond donors (Lipinski definition) is 1. The van der Waals surface area contributed by atoms with E-state index in [0.29, 0.717) is 23.4 Å². The number of carbonyl (C=O) groups excluding carboxylic acids is 3. The molecule has 0 radical (unpaired) electrons. The SMILES string of the molecule is CC(=O)NC(C)(C)C[C@H]1CN(C(=O)OCc2ccccc2)c2cc(CC(=O)OC(C)(C)C)ccc2O1. The molecule has 1 aliphatic rings. The second-order valence-electron chi connectivity index (χ2n) is 10.7. The predicted molar refractivity (Wildman–Crippen MR) is 137 cm³/mol. The Kier molecular flexibility index (Phi) is 8.28. The smallest absolute Gasteiger partial charge is 0.414 e. The molecule has 3 rings (SSSR count). The summed E-state index contributed by atoms with van der Waals surface area (Å²) in [5.41, 5.74) is 0.980. The van der Waals surface area contributed by atoms with Crippen molar-refractivity contribution in [1.29, 1.82) is 0 Å². The minimum atomic E-state index is -0.588. The lowest BCUT2D eigenvalue weighted by atomic mass is 9.95. The van der Waals surface area contributed by atoms with Crippen LogP contribution in [-0.2, 0) is 32.1 Å². The van der Waals surface area contributed by atoms with E-state index in [9.17, 15) is 14.4 Å². The quantitative estimate of drug-likeness (QED) is 0.555. The van der Waals surface area contributed by atoms with Crippen molar-refractivity contribution < 1.29 is 28.6 Å². The molecular formula is C28H36N2O6. The molecule has 0 saturated heterocycles. The lowest BCUT2D eigenvalue weighted by Gasteiger charge is -2.38. The molecule has 1 atom stereocenters. The second kappa shape index (κ2) is 11.0. The van der Waals surface area contributed by atoms with Gasteiger partial charge in [-0.15, -0.1) is 0 Å². The normalized spacial score (nSPS) is 15.4. The molecular weight excluding hydrogens is 460 g/mol. The maximum Gasteiger partial charge on any atom is 0.414 e. The Labute approximate surface area is 212 Å². The first-order chi connectivity index (χ1) is 16.8.